The van der Waals surface area contributed by atoms with Crippen LogP contribution in [0.2, 0.25) is 0 Å². The third kappa shape index (κ3) is 1.55. The first kappa shape index (κ1) is 10.9. The molecule has 0 amide bonds. The molecule has 92 valence electrons. The summed E-state index contributed by atoms with van der Waals surface area (Å²) in [7, 11) is 0. The normalized spacial score (nSPS) is 11.4. The number of aromatic amines is 2. The van der Waals surface area contributed by atoms with Gasteiger partial charge < -0.3 is 9.97 Å². The Bertz CT molecular complexity index is 886. The molecule has 19 heavy (non-hydrogen) atoms. The molecule has 0 radical (unpaired) electrons. The van der Waals surface area contributed by atoms with Gasteiger partial charge in [0, 0.05) is 33.3 Å². The Labute approximate surface area is 118 Å². The van der Waals surface area contributed by atoms with Gasteiger partial charge in [-0.2, -0.15) is 0 Å². The van der Waals surface area contributed by atoms with E-state index in [4.69, 9.17) is 0 Å². The highest BCUT2D eigenvalue weighted by Crippen LogP contribution is 2.36. The second-order valence-electron chi connectivity index (χ2n) is 4.61. The van der Waals surface area contributed by atoms with E-state index < -0.39 is 0 Å². The number of hydrogen-bond donors (Lipinski definition) is 2. The predicted molar refractivity (Wildman–Crippen MR) is 83.3 cm³/mol. The van der Waals surface area contributed by atoms with E-state index in [1.165, 1.54) is 27.4 Å². The van der Waals surface area contributed by atoms with E-state index >= 15 is 0 Å². The number of para-hydroxylation sites is 1. The summed E-state index contributed by atoms with van der Waals surface area (Å²) in [4.78, 5) is 6.62. The van der Waals surface area contributed by atoms with Crippen LogP contribution in [0.15, 0.2) is 59.3 Å². The lowest BCUT2D eigenvalue weighted by molar-refractivity contribution is 1.47. The molecule has 0 bridgehead atoms. The lowest BCUT2D eigenvalue weighted by atomic mass is 10.00. The van der Waals surface area contributed by atoms with Crippen molar-refractivity contribution in [3.05, 3.63) is 59.3 Å². The van der Waals surface area contributed by atoms with Crippen LogP contribution in [0.4, 0.5) is 0 Å². The van der Waals surface area contributed by atoms with Gasteiger partial charge in [-0.3, -0.25) is 0 Å². The third-order valence-corrected chi connectivity index (χ3v) is 4.16. The van der Waals surface area contributed by atoms with Gasteiger partial charge in [0.2, 0.25) is 0 Å². The first-order valence-corrected chi connectivity index (χ1v) is 6.96. The fourth-order valence-electron chi connectivity index (χ4n) is 2.68. The first-order chi connectivity index (χ1) is 9.34. The van der Waals surface area contributed by atoms with E-state index in [9.17, 15) is 0 Å². The van der Waals surface area contributed by atoms with Crippen molar-refractivity contribution in [1.82, 2.24) is 9.97 Å². The van der Waals surface area contributed by atoms with Crippen molar-refractivity contribution < 1.29 is 0 Å². The average molecular weight is 311 g/mol. The van der Waals surface area contributed by atoms with Gasteiger partial charge in [0.15, 0.2) is 0 Å². The lowest BCUT2D eigenvalue weighted by Gasteiger charge is -2.06. The maximum absolute atomic E-state index is 3.63. The molecule has 0 fully saturated rings. The van der Waals surface area contributed by atoms with Crippen LogP contribution in [0.5, 0.6) is 0 Å². The van der Waals surface area contributed by atoms with Gasteiger partial charge >= 0.3 is 0 Å². The van der Waals surface area contributed by atoms with E-state index in [-0.39, 0.29) is 0 Å². The Kier molecular flexibility index (Phi) is 2.29. The van der Waals surface area contributed by atoms with Crippen molar-refractivity contribution >= 4 is 37.7 Å². The van der Waals surface area contributed by atoms with Crippen LogP contribution in [0, 0.1) is 0 Å². The third-order valence-electron chi connectivity index (χ3n) is 3.54. The zero-order chi connectivity index (χ0) is 12.8. The van der Waals surface area contributed by atoms with E-state index in [1.54, 1.807) is 0 Å². The Morgan fingerprint density at radius 2 is 1.68 bits per heavy atom. The molecular weight excluding hydrogens is 300 g/mol. The van der Waals surface area contributed by atoms with Crippen molar-refractivity contribution in [3.63, 3.8) is 0 Å². The number of halogens is 1. The molecule has 0 unspecified atom stereocenters. The molecule has 3 heteroatoms. The smallest absolute Gasteiger partial charge is 0.0533 e. The monoisotopic (exact) mass is 310 g/mol. The minimum Gasteiger partial charge on any atom is -0.361 e. The zero-order valence-electron chi connectivity index (χ0n) is 10.1. The summed E-state index contributed by atoms with van der Waals surface area (Å²) >= 11 is 3.63. The molecule has 2 heterocycles. The van der Waals surface area contributed by atoms with E-state index in [0.717, 1.165) is 9.99 Å². The molecule has 0 saturated carbocycles. The van der Waals surface area contributed by atoms with Crippen molar-refractivity contribution in [2.75, 3.05) is 0 Å². The molecule has 2 N–H and O–H groups in total. The highest BCUT2D eigenvalue weighted by molar-refractivity contribution is 9.10. The van der Waals surface area contributed by atoms with E-state index in [0.29, 0.717) is 0 Å². The van der Waals surface area contributed by atoms with Crippen molar-refractivity contribution in [3.8, 4) is 11.1 Å². The summed E-state index contributed by atoms with van der Waals surface area (Å²) in [6.07, 6.45) is 3.98. The molecule has 2 nitrogen and oxygen atoms in total. The van der Waals surface area contributed by atoms with E-state index in [2.05, 4.69) is 68.4 Å². The fourth-order valence-corrected chi connectivity index (χ4v) is 3.22. The number of hydrogen-bond acceptors (Lipinski definition) is 0. The largest absolute Gasteiger partial charge is 0.361 e. The van der Waals surface area contributed by atoms with Crippen LogP contribution in [0.25, 0.3) is 32.9 Å². The molecule has 0 aliphatic carbocycles. The quantitative estimate of drug-likeness (QED) is 0.491. The highest BCUT2D eigenvalue weighted by atomic mass is 79.9. The molecule has 0 aliphatic rings. The average Bonchev–Trinajstić information content (AvgIpc) is 3.05. The van der Waals surface area contributed by atoms with Gasteiger partial charge in [0.1, 0.15) is 0 Å². The molecular formula is C16H11BrN2. The molecule has 2 aromatic heterocycles. The second kappa shape index (κ2) is 4.00. The predicted octanol–water partition coefficient (Wildman–Crippen LogP) is 5.08. The van der Waals surface area contributed by atoms with Crippen LogP contribution in [-0.2, 0) is 0 Å². The SMILES string of the molecule is Brc1c[nH]c2cccc(-c3cccc4cc[nH]c34)c12. The molecule has 2 aromatic carbocycles. The Morgan fingerprint density at radius 1 is 0.842 bits per heavy atom. The van der Waals surface area contributed by atoms with Crippen LogP contribution in [-0.4, -0.2) is 9.97 Å². The van der Waals surface area contributed by atoms with Crippen LogP contribution in [0.3, 0.4) is 0 Å². The van der Waals surface area contributed by atoms with Crippen LogP contribution < -0.4 is 0 Å². The van der Waals surface area contributed by atoms with Gasteiger partial charge in [-0.15, -0.1) is 0 Å². The summed E-state index contributed by atoms with van der Waals surface area (Å²) < 4.78 is 1.10. The minimum atomic E-state index is 1.10. The van der Waals surface area contributed by atoms with Crippen LogP contribution in [0.1, 0.15) is 0 Å². The molecule has 0 atom stereocenters. The minimum absolute atomic E-state index is 1.10. The Hall–Kier alpha value is -2.00. The van der Waals surface area contributed by atoms with Crippen LogP contribution >= 0.6 is 15.9 Å². The number of fused-ring (bicyclic) bond motifs is 2. The number of benzene rings is 2. The summed E-state index contributed by atoms with van der Waals surface area (Å²) in [6, 6.07) is 14.8. The maximum atomic E-state index is 3.63. The fraction of sp³-hybridized carbons (Fsp3) is 0. The highest BCUT2D eigenvalue weighted by Gasteiger charge is 2.11. The molecule has 4 aromatic rings. The summed E-state index contributed by atoms with van der Waals surface area (Å²) in [6.45, 7) is 0. The van der Waals surface area contributed by atoms with Crippen molar-refractivity contribution in [2.45, 2.75) is 0 Å². The van der Waals surface area contributed by atoms with Gasteiger partial charge in [0.25, 0.3) is 0 Å². The molecule has 0 aliphatic heterocycles. The topological polar surface area (TPSA) is 31.6 Å². The summed E-state index contributed by atoms with van der Waals surface area (Å²) in [5, 5.41) is 2.46. The van der Waals surface area contributed by atoms with Gasteiger partial charge in [-0.05, 0) is 39.0 Å². The van der Waals surface area contributed by atoms with Gasteiger partial charge in [0.05, 0.1) is 5.52 Å². The standard InChI is InChI=1S/C16H11BrN2/c17-13-9-19-14-6-2-4-11(15(13)14)12-5-1-3-10-7-8-18-16(10)12/h1-9,18-19H. The number of nitrogens with one attached hydrogen (secondary N) is 2. The molecule has 0 saturated heterocycles. The van der Waals surface area contributed by atoms with Crippen molar-refractivity contribution in [1.29, 1.82) is 0 Å². The second-order valence-corrected chi connectivity index (χ2v) is 5.47. The summed E-state index contributed by atoms with van der Waals surface area (Å²) in [5.74, 6) is 0. The molecule has 4 rings (SSSR count). The Balaban J connectivity index is 2.15. The summed E-state index contributed by atoms with van der Waals surface area (Å²) in [5.41, 5.74) is 4.79. The maximum Gasteiger partial charge on any atom is 0.0533 e. The van der Waals surface area contributed by atoms with E-state index in [1.807, 2.05) is 12.4 Å². The van der Waals surface area contributed by atoms with Gasteiger partial charge in [-0.25, -0.2) is 0 Å². The van der Waals surface area contributed by atoms with Gasteiger partial charge in [-0.1, -0.05) is 30.3 Å². The number of rotatable bonds is 1. The Morgan fingerprint density at radius 3 is 2.63 bits per heavy atom. The first-order valence-electron chi connectivity index (χ1n) is 6.17. The molecule has 0 spiro atoms. The van der Waals surface area contributed by atoms with Crippen molar-refractivity contribution in [2.24, 2.45) is 0 Å². The lowest BCUT2D eigenvalue weighted by Crippen LogP contribution is -1.82. The zero-order valence-corrected chi connectivity index (χ0v) is 11.7. The number of H-pyrrole nitrogens is 2. The number of aromatic nitrogens is 2.